The van der Waals surface area contributed by atoms with Crippen molar-refractivity contribution >= 4 is 5.52 Å². The summed E-state index contributed by atoms with van der Waals surface area (Å²) < 4.78 is 3.32. The Kier molecular flexibility index (Phi) is 4.51. The molecule has 1 fully saturated rings. The van der Waals surface area contributed by atoms with Crippen molar-refractivity contribution < 1.29 is 5.11 Å². The molecule has 1 aliphatic carbocycles. The molecule has 0 aliphatic heterocycles. The van der Waals surface area contributed by atoms with Crippen LogP contribution in [0, 0.1) is 0 Å². The Bertz CT molecular complexity index is 1260. The van der Waals surface area contributed by atoms with Crippen molar-refractivity contribution in [3.63, 3.8) is 0 Å². The fourth-order valence-corrected chi connectivity index (χ4v) is 4.52. The second-order valence-corrected chi connectivity index (χ2v) is 8.24. The zero-order valence-corrected chi connectivity index (χ0v) is 16.9. The first kappa shape index (κ1) is 18.8. The monoisotopic (exact) mass is 400 g/mol. The molecule has 1 aliphatic rings. The number of hydrogen-bond donors (Lipinski definition) is 1. The van der Waals surface area contributed by atoms with E-state index in [9.17, 15) is 9.90 Å². The summed E-state index contributed by atoms with van der Waals surface area (Å²) in [5.41, 5.74) is 3.14. The van der Waals surface area contributed by atoms with Crippen molar-refractivity contribution in [1.29, 1.82) is 0 Å². The molecule has 0 bridgehead atoms. The van der Waals surface area contributed by atoms with Gasteiger partial charge in [0.05, 0.1) is 28.4 Å². The summed E-state index contributed by atoms with van der Waals surface area (Å²) >= 11 is 0. The van der Waals surface area contributed by atoms with Crippen molar-refractivity contribution in [2.24, 2.45) is 0 Å². The van der Waals surface area contributed by atoms with E-state index < -0.39 is 5.60 Å². The van der Waals surface area contributed by atoms with E-state index in [0.29, 0.717) is 12.1 Å². The highest BCUT2D eigenvalue weighted by Gasteiger charge is 2.37. The SMILES string of the molecule is CC1(O)CCCC[C@H]1n1nc(-c2c(-c3ccccc3)nn3ccccc23)ccc1=O. The number of aliphatic hydroxyl groups is 1. The van der Waals surface area contributed by atoms with E-state index in [4.69, 9.17) is 10.2 Å². The summed E-state index contributed by atoms with van der Waals surface area (Å²) in [6, 6.07) is 18.9. The molecule has 0 radical (unpaired) electrons. The van der Waals surface area contributed by atoms with E-state index in [2.05, 4.69) is 0 Å². The van der Waals surface area contributed by atoms with Crippen LogP contribution in [0.4, 0.5) is 0 Å². The van der Waals surface area contributed by atoms with E-state index in [0.717, 1.165) is 41.6 Å². The number of fused-ring (bicyclic) bond motifs is 1. The minimum Gasteiger partial charge on any atom is -0.388 e. The summed E-state index contributed by atoms with van der Waals surface area (Å²) in [7, 11) is 0. The van der Waals surface area contributed by atoms with Gasteiger partial charge < -0.3 is 5.11 Å². The van der Waals surface area contributed by atoms with Crippen LogP contribution in [-0.2, 0) is 0 Å². The molecule has 6 heteroatoms. The summed E-state index contributed by atoms with van der Waals surface area (Å²) in [4.78, 5) is 12.7. The molecule has 152 valence electrons. The van der Waals surface area contributed by atoms with Crippen molar-refractivity contribution in [2.45, 2.75) is 44.2 Å². The third-order valence-corrected chi connectivity index (χ3v) is 6.09. The van der Waals surface area contributed by atoms with Gasteiger partial charge in [-0.25, -0.2) is 9.20 Å². The molecule has 5 rings (SSSR count). The molecule has 6 nitrogen and oxygen atoms in total. The molecular formula is C24H24N4O2. The van der Waals surface area contributed by atoms with Gasteiger partial charge >= 0.3 is 0 Å². The maximum Gasteiger partial charge on any atom is 0.267 e. The predicted octanol–water partition coefficient (Wildman–Crippen LogP) is 4.09. The topological polar surface area (TPSA) is 72.4 Å². The van der Waals surface area contributed by atoms with Gasteiger partial charge in [-0.3, -0.25) is 4.79 Å². The molecule has 0 amide bonds. The number of aromatic nitrogens is 4. The Balaban J connectivity index is 1.73. The van der Waals surface area contributed by atoms with Crippen LogP contribution in [-0.4, -0.2) is 30.1 Å². The highest BCUT2D eigenvalue weighted by Crippen LogP contribution is 2.37. The van der Waals surface area contributed by atoms with Crippen molar-refractivity contribution in [1.82, 2.24) is 19.4 Å². The molecule has 3 heterocycles. The molecule has 2 atom stereocenters. The van der Waals surface area contributed by atoms with Gasteiger partial charge in [-0.2, -0.15) is 10.2 Å². The third-order valence-electron chi connectivity index (χ3n) is 6.09. The lowest BCUT2D eigenvalue weighted by molar-refractivity contribution is -0.0309. The number of hydrogen-bond acceptors (Lipinski definition) is 4. The van der Waals surface area contributed by atoms with Gasteiger partial charge in [0.2, 0.25) is 0 Å². The first-order valence-corrected chi connectivity index (χ1v) is 10.4. The van der Waals surface area contributed by atoms with Gasteiger partial charge in [0.15, 0.2) is 0 Å². The maximum absolute atomic E-state index is 12.7. The Morgan fingerprint density at radius 3 is 2.60 bits per heavy atom. The molecule has 0 saturated heterocycles. The highest BCUT2D eigenvalue weighted by molar-refractivity contribution is 5.90. The summed E-state index contributed by atoms with van der Waals surface area (Å²) in [6.45, 7) is 1.81. The first-order valence-electron chi connectivity index (χ1n) is 10.4. The van der Waals surface area contributed by atoms with Gasteiger partial charge in [-0.15, -0.1) is 0 Å². The number of nitrogens with zero attached hydrogens (tertiary/aromatic N) is 4. The molecular weight excluding hydrogens is 376 g/mol. The third kappa shape index (κ3) is 3.13. The molecule has 30 heavy (non-hydrogen) atoms. The van der Waals surface area contributed by atoms with E-state index in [1.165, 1.54) is 4.68 Å². The van der Waals surface area contributed by atoms with Gasteiger partial charge in [0.25, 0.3) is 5.56 Å². The van der Waals surface area contributed by atoms with Crippen LogP contribution < -0.4 is 5.56 Å². The van der Waals surface area contributed by atoms with Crippen LogP contribution in [0.3, 0.4) is 0 Å². The smallest absolute Gasteiger partial charge is 0.267 e. The van der Waals surface area contributed by atoms with Crippen molar-refractivity contribution in [2.75, 3.05) is 0 Å². The molecule has 1 N–H and O–H groups in total. The van der Waals surface area contributed by atoms with Gasteiger partial charge in [0.1, 0.15) is 5.69 Å². The number of pyridine rings is 1. The van der Waals surface area contributed by atoms with Crippen LogP contribution in [0.5, 0.6) is 0 Å². The summed E-state index contributed by atoms with van der Waals surface area (Å²) in [5, 5.41) is 20.5. The van der Waals surface area contributed by atoms with Crippen molar-refractivity contribution in [3.05, 3.63) is 77.2 Å². The maximum atomic E-state index is 12.7. The number of rotatable bonds is 3. The van der Waals surface area contributed by atoms with Crippen molar-refractivity contribution in [3.8, 4) is 22.5 Å². The van der Waals surface area contributed by atoms with Crippen LogP contribution in [0.1, 0.15) is 38.6 Å². The lowest BCUT2D eigenvalue weighted by Crippen LogP contribution is -2.44. The average molecular weight is 400 g/mol. The fourth-order valence-electron chi connectivity index (χ4n) is 4.52. The molecule has 1 aromatic carbocycles. The molecule has 0 spiro atoms. The van der Waals surface area contributed by atoms with Gasteiger partial charge in [0, 0.05) is 17.8 Å². The second kappa shape index (κ2) is 7.22. The van der Waals surface area contributed by atoms with Crippen LogP contribution >= 0.6 is 0 Å². The Labute approximate surface area is 174 Å². The first-order chi connectivity index (χ1) is 14.5. The lowest BCUT2D eigenvalue weighted by Gasteiger charge is -2.37. The van der Waals surface area contributed by atoms with Crippen LogP contribution in [0.25, 0.3) is 28.0 Å². The second-order valence-electron chi connectivity index (χ2n) is 8.24. The zero-order valence-electron chi connectivity index (χ0n) is 16.9. The average Bonchev–Trinajstić information content (AvgIpc) is 3.14. The Morgan fingerprint density at radius 1 is 1.00 bits per heavy atom. The van der Waals surface area contributed by atoms with Gasteiger partial charge in [-0.1, -0.05) is 49.2 Å². The van der Waals surface area contributed by atoms with E-state index in [-0.39, 0.29) is 11.6 Å². The zero-order chi connectivity index (χ0) is 20.7. The summed E-state index contributed by atoms with van der Waals surface area (Å²) in [5.74, 6) is 0. The molecule has 1 unspecified atom stereocenters. The largest absolute Gasteiger partial charge is 0.388 e. The molecule has 1 saturated carbocycles. The lowest BCUT2D eigenvalue weighted by atomic mass is 9.82. The number of benzene rings is 1. The highest BCUT2D eigenvalue weighted by atomic mass is 16.3. The minimum absolute atomic E-state index is 0.191. The quantitative estimate of drug-likeness (QED) is 0.562. The molecule has 4 aromatic rings. The Morgan fingerprint density at radius 2 is 1.80 bits per heavy atom. The van der Waals surface area contributed by atoms with Crippen LogP contribution in [0.15, 0.2) is 71.7 Å². The summed E-state index contributed by atoms with van der Waals surface area (Å²) in [6.07, 6.45) is 5.26. The van der Waals surface area contributed by atoms with Crippen LogP contribution in [0.2, 0.25) is 0 Å². The van der Waals surface area contributed by atoms with E-state index in [1.54, 1.807) is 12.1 Å². The Hall–Kier alpha value is -3.25. The minimum atomic E-state index is -0.947. The van der Waals surface area contributed by atoms with E-state index >= 15 is 0 Å². The molecule has 3 aromatic heterocycles. The standard InChI is InChI=1S/C24H24N4O2/c1-24(30)15-7-5-12-20(24)28-21(29)14-13-18(25-28)22-19-11-6-8-16-27(19)26-23(22)17-9-3-2-4-10-17/h2-4,6,8-11,13-14,16,20,30H,5,7,12,15H2,1H3/t20-,24?/m1/s1. The predicted molar refractivity (Wildman–Crippen MR) is 116 cm³/mol. The van der Waals surface area contributed by atoms with E-state index in [1.807, 2.05) is 66.2 Å². The van der Waals surface area contributed by atoms with Gasteiger partial charge in [-0.05, 0) is 38.0 Å². The fraction of sp³-hybridized carbons (Fsp3) is 0.292. The normalized spacial score (nSPS) is 21.7.